The number of amides is 1. The minimum absolute atomic E-state index is 0.0769. The second-order valence-electron chi connectivity index (χ2n) is 7.60. The third-order valence-corrected chi connectivity index (χ3v) is 7.13. The van der Waals surface area contributed by atoms with Gasteiger partial charge >= 0.3 is 0 Å². The van der Waals surface area contributed by atoms with Gasteiger partial charge in [-0.2, -0.15) is 0 Å². The monoisotopic (exact) mass is 408 g/mol. The summed E-state index contributed by atoms with van der Waals surface area (Å²) in [5.41, 5.74) is 2.17. The molecule has 0 atom stereocenters. The zero-order valence-electron chi connectivity index (χ0n) is 16.6. The summed E-state index contributed by atoms with van der Waals surface area (Å²) in [7, 11) is 1.63. The highest BCUT2D eigenvalue weighted by Gasteiger charge is 2.26. The predicted molar refractivity (Wildman–Crippen MR) is 115 cm³/mol. The van der Waals surface area contributed by atoms with E-state index in [0.29, 0.717) is 18.7 Å². The average Bonchev–Trinajstić information content (AvgIpc) is 3.18. The quantitative estimate of drug-likeness (QED) is 0.663. The largest absolute Gasteiger partial charge is 0.497 e. The molecular formula is C22H24N4O2S. The Hall–Kier alpha value is -2.67. The zero-order valence-corrected chi connectivity index (χ0v) is 17.4. The minimum Gasteiger partial charge on any atom is -0.497 e. The van der Waals surface area contributed by atoms with Crippen molar-refractivity contribution < 1.29 is 9.53 Å². The SMILES string of the molecule is COc1ccc(C(=O)N2CCN(c3ncnc4sc5c(c34)CCCC5)CC2)cc1. The van der Waals surface area contributed by atoms with Gasteiger partial charge in [0.2, 0.25) is 0 Å². The number of thiophene rings is 1. The molecule has 150 valence electrons. The Bertz CT molecular complexity index is 1040. The number of aryl methyl sites for hydroxylation is 2. The lowest BCUT2D eigenvalue weighted by molar-refractivity contribution is 0.0746. The molecular weight excluding hydrogens is 384 g/mol. The normalized spacial score (nSPS) is 16.7. The van der Waals surface area contributed by atoms with Crippen LogP contribution in [0.25, 0.3) is 10.2 Å². The maximum absolute atomic E-state index is 12.8. The van der Waals surface area contributed by atoms with Crippen molar-refractivity contribution in [2.75, 3.05) is 38.2 Å². The molecule has 0 bridgehead atoms. The van der Waals surface area contributed by atoms with Gasteiger partial charge in [0.1, 0.15) is 22.7 Å². The van der Waals surface area contributed by atoms with Gasteiger partial charge in [0.25, 0.3) is 5.91 Å². The standard InChI is InChI=1S/C22H24N4O2S/c1-28-16-8-6-15(7-9-16)22(27)26-12-10-25(11-13-26)20-19-17-4-2-3-5-18(17)29-21(19)24-14-23-20/h6-9,14H,2-5,10-13H2,1H3. The van der Waals surface area contributed by atoms with E-state index in [1.807, 2.05) is 40.5 Å². The second kappa shape index (κ2) is 7.63. The Morgan fingerprint density at radius 1 is 1.03 bits per heavy atom. The van der Waals surface area contributed by atoms with Crippen molar-refractivity contribution >= 4 is 33.3 Å². The fourth-order valence-electron chi connectivity index (χ4n) is 4.35. The summed E-state index contributed by atoms with van der Waals surface area (Å²) in [5.74, 6) is 1.89. The number of methoxy groups -OCH3 is 1. The van der Waals surface area contributed by atoms with E-state index in [4.69, 9.17) is 4.74 Å². The fourth-order valence-corrected chi connectivity index (χ4v) is 5.57. The molecule has 0 saturated carbocycles. The Morgan fingerprint density at radius 3 is 2.55 bits per heavy atom. The van der Waals surface area contributed by atoms with Crippen molar-refractivity contribution in [1.29, 1.82) is 0 Å². The third kappa shape index (κ3) is 3.33. The molecule has 7 heteroatoms. The van der Waals surface area contributed by atoms with Gasteiger partial charge in [-0.05, 0) is 55.5 Å². The van der Waals surface area contributed by atoms with Crippen LogP contribution >= 0.6 is 11.3 Å². The molecule has 0 N–H and O–H groups in total. The molecule has 1 aliphatic heterocycles. The van der Waals surface area contributed by atoms with Crippen molar-refractivity contribution in [1.82, 2.24) is 14.9 Å². The van der Waals surface area contributed by atoms with Crippen LogP contribution < -0.4 is 9.64 Å². The lowest BCUT2D eigenvalue weighted by atomic mass is 9.97. The smallest absolute Gasteiger partial charge is 0.253 e. The number of anilines is 1. The Kier molecular flexibility index (Phi) is 4.83. The van der Waals surface area contributed by atoms with E-state index in [1.165, 1.54) is 35.1 Å². The highest BCUT2D eigenvalue weighted by Crippen LogP contribution is 2.39. The van der Waals surface area contributed by atoms with Crippen molar-refractivity contribution in [2.24, 2.45) is 0 Å². The molecule has 3 aromatic rings. The molecule has 6 nitrogen and oxygen atoms in total. The van der Waals surface area contributed by atoms with Gasteiger partial charge in [-0.25, -0.2) is 9.97 Å². The summed E-state index contributed by atoms with van der Waals surface area (Å²) >= 11 is 1.83. The van der Waals surface area contributed by atoms with Crippen LogP contribution in [0.3, 0.4) is 0 Å². The Morgan fingerprint density at radius 2 is 1.79 bits per heavy atom. The molecule has 0 spiro atoms. The number of ether oxygens (including phenoxy) is 1. The van der Waals surface area contributed by atoms with Crippen molar-refractivity contribution in [3.05, 3.63) is 46.6 Å². The van der Waals surface area contributed by atoms with Crippen LogP contribution in [-0.2, 0) is 12.8 Å². The maximum Gasteiger partial charge on any atom is 0.253 e. The fraction of sp³-hybridized carbons (Fsp3) is 0.409. The molecule has 2 aromatic heterocycles. The van der Waals surface area contributed by atoms with Crippen LogP contribution in [0.2, 0.25) is 0 Å². The number of carbonyl (C=O) groups excluding carboxylic acids is 1. The summed E-state index contributed by atoms with van der Waals surface area (Å²) in [5, 5.41) is 1.25. The molecule has 1 saturated heterocycles. The molecule has 2 aliphatic rings. The van der Waals surface area contributed by atoms with Gasteiger partial charge in [0.15, 0.2) is 0 Å². The summed E-state index contributed by atoms with van der Waals surface area (Å²) in [4.78, 5) is 28.9. The molecule has 0 radical (unpaired) electrons. The van der Waals surface area contributed by atoms with Crippen LogP contribution in [0, 0.1) is 0 Å². The van der Waals surface area contributed by atoms with E-state index in [9.17, 15) is 4.79 Å². The molecule has 0 unspecified atom stereocenters. The predicted octanol–water partition coefficient (Wildman–Crippen LogP) is 3.54. The van der Waals surface area contributed by atoms with E-state index in [0.717, 1.165) is 35.9 Å². The van der Waals surface area contributed by atoms with E-state index >= 15 is 0 Å². The lowest BCUT2D eigenvalue weighted by Crippen LogP contribution is -2.49. The molecule has 1 amide bonds. The number of benzene rings is 1. The zero-order chi connectivity index (χ0) is 19.8. The first kappa shape index (κ1) is 18.4. The second-order valence-corrected chi connectivity index (χ2v) is 8.68. The first-order chi connectivity index (χ1) is 14.2. The maximum atomic E-state index is 12.8. The molecule has 29 heavy (non-hydrogen) atoms. The summed E-state index contributed by atoms with van der Waals surface area (Å²) in [6, 6.07) is 7.33. The van der Waals surface area contributed by atoms with E-state index in [-0.39, 0.29) is 5.91 Å². The Balaban J connectivity index is 1.34. The van der Waals surface area contributed by atoms with Crippen molar-refractivity contribution in [3.8, 4) is 5.75 Å². The van der Waals surface area contributed by atoms with Gasteiger partial charge in [-0.3, -0.25) is 4.79 Å². The molecule has 1 aliphatic carbocycles. The van der Waals surface area contributed by atoms with E-state index < -0.39 is 0 Å². The first-order valence-corrected chi connectivity index (χ1v) is 11.0. The summed E-state index contributed by atoms with van der Waals surface area (Å²) in [6.45, 7) is 2.97. The van der Waals surface area contributed by atoms with E-state index in [1.54, 1.807) is 13.4 Å². The summed E-state index contributed by atoms with van der Waals surface area (Å²) < 4.78 is 5.18. The number of hydrogen-bond donors (Lipinski definition) is 0. The van der Waals surface area contributed by atoms with Gasteiger partial charge in [0.05, 0.1) is 12.5 Å². The molecule has 3 heterocycles. The number of piperazine rings is 1. The number of rotatable bonds is 3. The van der Waals surface area contributed by atoms with Crippen LogP contribution in [0.15, 0.2) is 30.6 Å². The number of hydrogen-bond acceptors (Lipinski definition) is 6. The lowest BCUT2D eigenvalue weighted by Gasteiger charge is -2.35. The average molecular weight is 409 g/mol. The molecule has 1 fully saturated rings. The Labute approximate surface area is 174 Å². The highest BCUT2D eigenvalue weighted by molar-refractivity contribution is 7.19. The van der Waals surface area contributed by atoms with Gasteiger partial charge in [0, 0.05) is 36.6 Å². The first-order valence-electron chi connectivity index (χ1n) is 10.2. The van der Waals surface area contributed by atoms with Crippen LogP contribution in [0.1, 0.15) is 33.6 Å². The number of fused-ring (bicyclic) bond motifs is 3. The molecule has 1 aromatic carbocycles. The van der Waals surface area contributed by atoms with Gasteiger partial charge in [-0.15, -0.1) is 11.3 Å². The van der Waals surface area contributed by atoms with Gasteiger partial charge in [-0.1, -0.05) is 0 Å². The van der Waals surface area contributed by atoms with E-state index in [2.05, 4.69) is 14.9 Å². The minimum atomic E-state index is 0.0769. The van der Waals surface area contributed by atoms with Crippen molar-refractivity contribution in [2.45, 2.75) is 25.7 Å². The van der Waals surface area contributed by atoms with Crippen LogP contribution in [0.5, 0.6) is 5.75 Å². The van der Waals surface area contributed by atoms with Crippen molar-refractivity contribution in [3.63, 3.8) is 0 Å². The van der Waals surface area contributed by atoms with Crippen LogP contribution in [-0.4, -0.2) is 54.1 Å². The summed E-state index contributed by atoms with van der Waals surface area (Å²) in [6.07, 6.45) is 6.51. The third-order valence-electron chi connectivity index (χ3n) is 5.93. The number of carbonyl (C=O) groups is 1. The topological polar surface area (TPSA) is 58.6 Å². The van der Waals surface area contributed by atoms with Crippen LogP contribution in [0.4, 0.5) is 5.82 Å². The van der Waals surface area contributed by atoms with Gasteiger partial charge < -0.3 is 14.5 Å². The number of aromatic nitrogens is 2. The molecule has 5 rings (SSSR count). The highest BCUT2D eigenvalue weighted by atomic mass is 32.1. The number of nitrogens with zero attached hydrogens (tertiary/aromatic N) is 4.